The molecule has 1 atom stereocenters. The second-order valence-electron chi connectivity index (χ2n) is 6.47. The molecule has 0 heterocycles. The Morgan fingerprint density at radius 2 is 1.73 bits per heavy atom. The molecule has 26 heavy (non-hydrogen) atoms. The molecule has 3 rings (SSSR count). The first-order valence-corrected chi connectivity index (χ1v) is 8.71. The van der Waals surface area contributed by atoms with Crippen LogP contribution in [0.5, 0.6) is 17.2 Å². The minimum atomic E-state index is 0.0703. The van der Waals surface area contributed by atoms with Gasteiger partial charge in [0.1, 0.15) is 0 Å². The molecule has 1 amide bonds. The molecule has 0 spiro atoms. The molecule has 1 aliphatic rings. The van der Waals surface area contributed by atoms with Gasteiger partial charge >= 0.3 is 0 Å². The predicted octanol–water partition coefficient (Wildman–Crippen LogP) is 3.40. The Morgan fingerprint density at radius 3 is 2.35 bits per heavy atom. The van der Waals surface area contributed by atoms with Crippen molar-refractivity contribution >= 4 is 5.91 Å². The molecular formula is C21H25NO4. The molecule has 0 aliphatic heterocycles. The van der Waals surface area contributed by atoms with Crippen molar-refractivity contribution < 1.29 is 19.0 Å². The van der Waals surface area contributed by atoms with Crippen LogP contribution in [-0.4, -0.2) is 39.2 Å². The fourth-order valence-corrected chi connectivity index (χ4v) is 3.65. The van der Waals surface area contributed by atoms with Crippen LogP contribution < -0.4 is 14.2 Å². The van der Waals surface area contributed by atoms with Crippen molar-refractivity contribution in [2.24, 2.45) is 0 Å². The molecule has 2 aromatic rings. The maximum absolute atomic E-state index is 12.9. The number of carbonyl (C=O) groups is 1. The van der Waals surface area contributed by atoms with Gasteiger partial charge in [0, 0.05) is 7.05 Å². The second-order valence-corrected chi connectivity index (χ2v) is 6.47. The summed E-state index contributed by atoms with van der Waals surface area (Å²) < 4.78 is 16.1. The molecule has 0 fully saturated rings. The van der Waals surface area contributed by atoms with Crippen LogP contribution >= 0.6 is 0 Å². The summed E-state index contributed by atoms with van der Waals surface area (Å²) in [6, 6.07) is 12.2. The summed E-state index contributed by atoms with van der Waals surface area (Å²) in [5.41, 5.74) is 3.43. The lowest BCUT2D eigenvalue weighted by Crippen LogP contribution is -2.31. The average Bonchev–Trinajstić information content (AvgIpc) is 3.10. The monoisotopic (exact) mass is 355 g/mol. The molecule has 0 radical (unpaired) electrons. The van der Waals surface area contributed by atoms with Crippen LogP contribution in [0.25, 0.3) is 0 Å². The van der Waals surface area contributed by atoms with Crippen LogP contribution in [0.15, 0.2) is 36.4 Å². The number of methoxy groups -OCH3 is 3. The summed E-state index contributed by atoms with van der Waals surface area (Å²) in [5.74, 6) is 1.72. The van der Waals surface area contributed by atoms with Crippen LogP contribution in [0.3, 0.4) is 0 Å². The van der Waals surface area contributed by atoms with Gasteiger partial charge in [-0.05, 0) is 41.7 Å². The van der Waals surface area contributed by atoms with E-state index >= 15 is 0 Å². The zero-order chi connectivity index (χ0) is 18.7. The Morgan fingerprint density at radius 1 is 1.08 bits per heavy atom. The molecular weight excluding hydrogens is 330 g/mol. The van der Waals surface area contributed by atoms with Crippen molar-refractivity contribution in [3.05, 3.63) is 53.1 Å². The SMILES string of the molecule is COc1cc(CC(=O)N(C)C2CCc3ccccc32)cc(OC)c1OC. The minimum absolute atomic E-state index is 0.0703. The zero-order valence-corrected chi connectivity index (χ0v) is 15.7. The van der Waals surface area contributed by atoms with Crippen molar-refractivity contribution in [2.45, 2.75) is 25.3 Å². The van der Waals surface area contributed by atoms with E-state index in [2.05, 4.69) is 18.2 Å². The van der Waals surface area contributed by atoms with Crippen LogP contribution in [0, 0.1) is 0 Å². The molecule has 0 saturated carbocycles. The highest BCUT2D eigenvalue weighted by Gasteiger charge is 2.28. The Hall–Kier alpha value is -2.69. The predicted molar refractivity (Wildman–Crippen MR) is 100 cm³/mol. The number of fused-ring (bicyclic) bond motifs is 1. The maximum Gasteiger partial charge on any atom is 0.227 e. The molecule has 0 aromatic heterocycles. The molecule has 1 aliphatic carbocycles. The van der Waals surface area contributed by atoms with Gasteiger partial charge in [0.05, 0.1) is 33.8 Å². The Balaban J connectivity index is 1.80. The van der Waals surface area contributed by atoms with Crippen LogP contribution in [0.4, 0.5) is 0 Å². The second kappa shape index (κ2) is 7.68. The third-order valence-electron chi connectivity index (χ3n) is 5.04. The standard InChI is InChI=1S/C21H25NO4/c1-22(17-10-9-15-7-5-6-8-16(15)17)20(23)13-14-11-18(24-2)21(26-4)19(12-14)25-3/h5-8,11-12,17H,9-10,13H2,1-4H3. The lowest BCUT2D eigenvalue weighted by atomic mass is 10.1. The number of benzene rings is 2. The van der Waals surface area contributed by atoms with E-state index < -0.39 is 0 Å². The van der Waals surface area contributed by atoms with Crippen molar-refractivity contribution in [2.75, 3.05) is 28.4 Å². The number of ether oxygens (including phenoxy) is 3. The Labute approximate surface area is 154 Å². The normalized spacial score (nSPS) is 15.3. The van der Waals surface area contributed by atoms with E-state index in [4.69, 9.17) is 14.2 Å². The molecule has 0 bridgehead atoms. The number of hydrogen-bond acceptors (Lipinski definition) is 4. The van der Waals surface area contributed by atoms with Gasteiger partial charge in [-0.25, -0.2) is 0 Å². The van der Waals surface area contributed by atoms with Gasteiger partial charge in [-0.3, -0.25) is 4.79 Å². The Bertz CT molecular complexity index is 777. The van der Waals surface area contributed by atoms with Crippen molar-refractivity contribution in [1.82, 2.24) is 4.90 Å². The molecule has 0 saturated heterocycles. The number of nitrogens with zero attached hydrogens (tertiary/aromatic N) is 1. The first-order chi connectivity index (χ1) is 12.6. The molecule has 138 valence electrons. The first-order valence-electron chi connectivity index (χ1n) is 8.71. The van der Waals surface area contributed by atoms with Crippen LogP contribution in [-0.2, 0) is 17.6 Å². The van der Waals surface area contributed by atoms with Crippen LogP contribution in [0.1, 0.15) is 29.2 Å². The summed E-state index contributed by atoms with van der Waals surface area (Å²) in [6.07, 6.45) is 2.27. The number of hydrogen-bond donors (Lipinski definition) is 0. The molecule has 1 unspecified atom stereocenters. The minimum Gasteiger partial charge on any atom is -0.493 e. The Kier molecular flexibility index (Phi) is 5.35. The summed E-state index contributed by atoms with van der Waals surface area (Å²) >= 11 is 0. The quantitative estimate of drug-likeness (QED) is 0.797. The van der Waals surface area contributed by atoms with E-state index in [0.717, 1.165) is 18.4 Å². The number of carbonyl (C=O) groups excluding carboxylic acids is 1. The highest BCUT2D eigenvalue weighted by molar-refractivity contribution is 5.79. The highest BCUT2D eigenvalue weighted by Crippen LogP contribution is 2.39. The fraction of sp³-hybridized carbons (Fsp3) is 0.381. The smallest absolute Gasteiger partial charge is 0.227 e. The third kappa shape index (κ3) is 3.34. The molecule has 0 N–H and O–H groups in total. The summed E-state index contributed by atoms with van der Waals surface area (Å²) in [6.45, 7) is 0. The first kappa shape index (κ1) is 18.1. The molecule has 2 aromatic carbocycles. The lowest BCUT2D eigenvalue weighted by molar-refractivity contribution is -0.131. The number of rotatable bonds is 6. The molecule has 5 nitrogen and oxygen atoms in total. The van der Waals surface area contributed by atoms with E-state index in [9.17, 15) is 4.79 Å². The maximum atomic E-state index is 12.9. The van der Waals surface area contributed by atoms with Crippen molar-refractivity contribution in [1.29, 1.82) is 0 Å². The van der Waals surface area contributed by atoms with E-state index in [1.807, 2.05) is 30.1 Å². The van der Waals surface area contributed by atoms with Gasteiger partial charge in [-0.15, -0.1) is 0 Å². The summed E-state index contributed by atoms with van der Waals surface area (Å²) in [7, 11) is 6.60. The van der Waals surface area contributed by atoms with E-state index in [-0.39, 0.29) is 18.4 Å². The summed E-state index contributed by atoms with van der Waals surface area (Å²) in [5, 5.41) is 0. The molecule has 5 heteroatoms. The third-order valence-corrected chi connectivity index (χ3v) is 5.04. The zero-order valence-electron chi connectivity index (χ0n) is 15.7. The van der Waals surface area contributed by atoms with Gasteiger partial charge in [-0.1, -0.05) is 24.3 Å². The van der Waals surface area contributed by atoms with Gasteiger partial charge in [0.15, 0.2) is 11.5 Å². The van der Waals surface area contributed by atoms with Gasteiger partial charge in [0.25, 0.3) is 0 Å². The highest BCUT2D eigenvalue weighted by atomic mass is 16.5. The van der Waals surface area contributed by atoms with E-state index in [1.54, 1.807) is 21.3 Å². The number of aryl methyl sites for hydroxylation is 1. The lowest BCUT2D eigenvalue weighted by Gasteiger charge is -2.26. The fourth-order valence-electron chi connectivity index (χ4n) is 3.65. The van der Waals surface area contributed by atoms with E-state index in [1.165, 1.54) is 11.1 Å². The average molecular weight is 355 g/mol. The summed E-state index contributed by atoms with van der Waals surface area (Å²) in [4.78, 5) is 14.7. The van der Waals surface area contributed by atoms with Crippen molar-refractivity contribution in [3.63, 3.8) is 0 Å². The number of likely N-dealkylation sites (N-methyl/N-ethyl adjacent to an activating group) is 1. The van der Waals surface area contributed by atoms with Crippen LogP contribution in [0.2, 0.25) is 0 Å². The van der Waals surface area contributed by atoms with Gasteiger partial charge < -0.3 is 19.1 Å². The van der Waals surface area contributed by atoms with E-state index in [0.29, 0.717) is 17.2 Å². The van der Waals surface area contributed by atoms with Crippen molar-refractivity contribution in [3.8, 4) is 17.2 Å². The van der Waals surface area contributed by atoms with Gasteiger partial charge in [-0.2, -0.15) is 0 Å². The topological polar surface area (TPSA) is 48.0 Å². The van der Waals surface area contributed by atoms with Gasteiger partial charge in [0.2, 0.25) is 11.7 Å². The largest absolute Gasteiger partial charge is 0.493 e. The number of amides is 1.